The molecule has 2 aromatic rings. The molecule has 2 aromatic carbocycles. The third kappa shape index (κ3) is 6.28. The van der Waals surface area contributed by atoms with Crippen molar-refractivity contribution >= 4 is 40.9 Å². The van der Waals surface area contributed by atoms with Gasteiger partial charge in [-0.25, -0.2) is 4.39 Å². The van der Waals surface area contributed by atoms with E-state index < -0.39 is 24.3 Å². The second-order valence-corrected chi connectivity index (χ2v) is 6.28. The van der Waals surface area contributed by atoms with Gasteiger partial charge in [0, 0.05) is 9.92 Å². The van der Waals surface area contributed by atoms with E-state index in [0.29, 0.717) is 0 Å². The molecule has 0 unspecified atom stereocenters. The van der Waals surface area contributed by atoms with Crippen LogP contribution in [0.4, 0.5) is 10.1 Å². The quantitative estimate of drug-likeness (QED) is 0.582. The summed E-state index contributed by atoms with van der Waals surface area (Å²) in [6.45, 7) is -0.496. The Morgan fingerprint density at radius 2 is 1.92 bits per heavy atom. The molecule has 0 aliphatic carbocycles. The lowest BCUT2D eigenvalue weighted by Crippen LogP contribution is -2.22. The van der Waals surface area contributed by atoms with Gasteiger partial charge in [0.1, 0.15) is 11.6 Å². The maximum absolute atomic E-state index is 13.6. The average Bonchev–Trinajstić information content (AvgIpc) is 2.61. The molecule has 1 N–H and O–H groups in total. The van der Waals surface area contributed by atoms with Crippen LogP contribution in [0.5, 0.6) is 5.75 Å². The van der Waals surface area contributed by atoms with E-state index in [1.807, 2.05) is 12.1 Å². The van der Waals surface area contributed by atoms with Gasteiger partial charge in [-0.05, 0) is 42.5 Å². The molecular formula is C17H15ClFNO4S. The molecule has 25 heavy (non-hydrogen) atoms. The number of hydrogen-bond acceptors (Lipinski definition) is 5. The van der Waals surface area contributed by atoms with Gasteiger partial charge in [0.15, 0.2) is 6.61 Å². The highest BCUT2D eigenvalue weighted by molar-refractivity contribution is 8.00. The van der Waals surface area contributed by atoms with Crippen molar-refractivity contribution in [3.8, 4) is 5.75 Å². The third-order valence-corrected chi connectivity index (χ3v) is 4.21. The zero-order valence-corrected chi connectivity index (χ0v) is 14.8. The van der Waals surface area contributed by atoms with Gasteiger partial charge in [0.25, 0.3) is 5.91 Å². The van der Waals surface area contributed by atoms with E-state index >= 15 is 0 Å². The maximum atomic E-state index is 13.6. The fourth-order valence-electron chi connectivity index (χ4n) is 1.78. The smallest absolute Gasteiger partial charge is 0.316 e. The third-order valence-electron chi connectivity index (χ3n) is 2.99. The van der Waals surface area contributed by atoms with Crippen molar-refractivity contribution < 1.29 is 23.5 Å². The van der Waals surface area contributed by atoms with Gasteiger partial charge >= 0.3 is 5.97 Å². The number of amides is 1. The number of carbonyl (C=O) groups is 2. The Bertz CT molecular complexity index is 755. The number of carbonyl (C=O) groups excluding carboxylic acids is 2. The van der Waals surface area contributed by atoms with Crippen LogP contribution in [0.1, 0.15) is 0 Å². The van der Waals surface area contributed by atoms with Gasteiger partial charge in [-0.1, -0.05) is 11.6 Å². The Morgan fingerprint density at radius 3 is 2.56 bits per heavy atom. The van der Waals surface area contributed by atoms with Crippen molar-refractivity contribution in [1.29, 1.82) is 0 Å². The van der Waals surface area contributed by atoms with Crippen LogP contribution in [0.3, 0.4) is 0 Å². The average molecular weight is 384 g/mol. The van der Waals surface area contributed by atoms with Crippen LogP contribution in [0.15, 0.2) is 47.4 Å². The summed E-state index contributed by atoms with van der Waals surface area (Å²) in [6.07, 6.45) is 0. The minimum Gasteiger partial charge on any atom is -0.497 e. The monoisotopic (exact) mass is 383 g/mol. The lowest BCUT2D eigenvalue weighted by atomic mass is 10.3. The molecule has 132 valence electrons. The van der Waals surface area contributed by atoms with Gasteiger partial charge in [0.05, 0.1) is 18.6 Å². The molecule has 8 heteroatoms. The number of esters is 1. The largest absolute Gasteiger partial charge is 0.497 e. The molecule has 0 aliphatic heterocycles. The number of rotatable bonds is 7. The lowest BCUT2D eigenvalue weighted by Gasteiger charge is -2.08. The van der Waals surface area contributed by atoms with Crippen LogP contribution in [-0.4, -0.2) is 31.3 Å². The molecule has 0 spiro atoms. The van der Waals surface area contributed by atoms with E-state index in [1.54, 1.807) is 19.2 Å². The van der Waals surface area contributed by atoms with E-state index in [4.69, 9.17) is 21.1 Å². The van der Waals surface area contributed by atoms with Crippen LogP contribution in [-0.2, 0) is 14.3 Å². The lowest BCUT2D eigenvalue weighted by molar-refractivity contribution is -0.144. The van der Waals surface area contributed by atoms with E-state index in [2.05, 4.69) is 5.32 Å². The Hall–Kier alpha value is -2.25. The first-order valence-electron chi connectivity index (χ1n) is 7.15. The van der Waals surface area contributed by atoms with Gasteiger partial charge in [-0.15, -0.1) is 11.8 Å². The second-order valence-electron chi connectivity index (χ2n) is 4.80. The summed E-state index contributed by atoms with van der Waals surface area (Å²) >= 11 is 6.90. The molecule has 0 aromatic heterocycles. The van der Waals surface area contributed by atoms with Crippen molar-refractivity contribution in [2.24, 2.45) is 0 Å². The topological polar surface area (TPSA) is 64.6 Å². The number of methoxy groups -OCH3 is 1. The number of thioether (sulfide) groups is 1. The maximum Gasteiger partial charge on any atom is 0.316 e. The minimum absolute atomic E-state index is 0.0296. The van der Waals surface area contributed by atoms with Gasteiger partial charge < -0.3 is 14.8 Å². The Labute approximate surface area is 153 Å². The fourth-order valence-corrected chi connectivity index (χ4v) is 2.63. The van der Waals surface area contributed by atoms with Crippen LogP contribution in [0, 0.1) is 5.82 Å². The molecule has 0 bridgehead atoms. The van der Waals surface area contributed by atoms with Crippen molar-refractivity contribution in [3.63, 3.8) is 0 Å². The van der Waals surface area contributed by atoms with Crippen molar-refractivity contribution in [1.82, 2.24) is 0 Å². The molecule has 0 saturated carbocycles. The highest BCUT2D eigenvalue weighted by atomic mass is 35.5. The van der Waals surface area contributed by atoms with Crippen LogP contribution in [0.25, 0.3) is 0 Å². The highest BCUT2D eigenvalue weighted by Crippen LogP contribution is 2.21. The van der Waals surface area contributed by atoms with E-state index in [-0.39, 0.29) is 16.5 Å². The van der Waals surface area contributed by atoms with Crippen molar-refractivity contribution in [2.75, 3.05) is 24.8 Å². The molecule has 1 amide bonds. The summed E-state index contributed by atoms with van der Waals surface area (Å²) in [5.74, 6) is -1.08. The molecule has 2 rings (SSSR count). The molecule has 0 saturated heterocycles. The summed E-state index contributed by atoms with van der Waals surface area (Å²) in [7, 11) is 1.57. The first-order valence-corrected chi connectivity index (χ1v) is 8.51. The summed E-state index contributed by atoms with van der Waals surface area (Å²) in [4.78, 5) is 24.2. The first kappa shape index (κ1) is 19.1. The number of anilines is 1. The zero-order valence-electron chi connectivity index (χ0n) is 13.3. The molecule has 0 radical (unpaired) electrons. The Morgan fingerprint density at radius 1 is 1.20 bits per heavy atom. The molecular weight excluding hydrogens is 369 g/mol. The van der Waals surface area contributed by atoms with Gasteiger partial charge in [-0.3, -0.25) is 9.59 Å². The number of ether oxygens (including phenoxy) is 2. The fraction of sp³-hybridized carbons (Fsp3) is 0.176. The van der Waals surface area contributed by atoms with Gasteiger partial charge in [0.2, 0.25) is 0 Å². The van der Waals surface area contributed by atoms with E-state index in [9.17, 15) is 14.0 Å². The predicted molar refractivity (Wildman–Crippen MR) is 94.7 cm³/mol. The normalized spacial score (nSPS) is 10.2. The van der Waals surface area contributed by atoms with E-state index in [1.165, 1.54) is 23.9 Å². The molecule has 0 aliphatic rings. The molecule has 5 nitrogen and oxygen atoms in total. The first-order chi connectivity index (χ1) is 12.0. The molecule has 0 fully saturated rings. The van der Waals surface area contributed by atoms with Crippen LogP contribution in [0.2, 0.25) is 5.02 Å². The number of nitrogens with one attached hydrogen (secondary N) is 1. The second kappa shape index (κ2) is 9.29. The highest BCUT2D eigenvalue weighted by Gasteiger charge is 2.11. The van der Waals surface area contributed by atoms with Crippen molar-refractivity contribution in [3.05, 3.63) is 53.3 Å². The molecule has 0 heterocycles. The summed E-state index contributed by atoms with van der Waals surface area (Å²) in [5, 5.41) is 2.53. The van der Waals surface area contributed by atoms with Crippen LogP contribution >= 0.6 is 23.4 Å². The summed E-state index contributed by atoms with van der Waals surface area (Å²) in [6, 6.07) is 11.0. The number of hydrogen-bond donors (Lipinski definition) is 1. The zero-order chi connectivity index (χ0) is 18.2. The minimum atomic E-state index is -0.665. The number of benzene rings is 2. The Balaban J connectivity index is 1.74. The summed E-state index contributed by atoms with van der Waals surface area (Å²) in [5.41, 5.74) is -0.0296. The Kier molecular flexibility index (Phi) is 7.09. The predicted octanol–water partition coefficient (Wildman–Crippen LogP) is 3.76. The SMILES string of the molecule is COc1ccc(SCC(=O)OCC(=O)Nc2ccc(Cl)cc2F)cc1. The van der Waals surface area contributed by atoms with E-state index in [0.717, 1.165) is 16.7 Å². The standard InChI is InChI=1S/C17H15ClFNO4S/c1-23-12-3-5-13(6-4-12)25-10-17(22)24-9-16(21)20-15-7-2-11(18)8-14(15)19/h2-8H,9-10H2,1H3,(H,20,21). The number of halogens is 2. The molecule has 0 atom stereocenters. The van der Waals surface area contributed by atoms with Crippen molar-refractivity contribution in [2.45, 2.75) is 4.90 Å². The van der Waals surface area contributed by atoms with Gasteiger partial charge in [-0.2, -0.15) is 0 Å². The van der Waals surface area contributed by atoms with Crippen LogP contribution < -0.4 is 10.1 Å². The summed E-state index contributed by atoms with van der Waals surface area (Å²) < 4.78 is 23.5.